The Balaban J connectivity index is 2.18. The molecule has 25 heavy (non-hydrogen) atoms. The van der Waals surface area contributed by atoms with Crippen molar-refractivity contribution in [2.75, 3.05) is 22.5 Å². The highest BCUT2D eigenvalue weighted by Gasteiger charge is 2.21. The average Bonchev–Trinajstić information content (AvgIpc) is 2.92. The van der Waals surface area contributed by atoms with Crippen molar-refractivity contribution in [3.63, 3.8) is 0 Å². The van der Waals surface area contributed by atoms with Gasteiger partial charge in [-0.3, -0.25) is 4.79 Å². The molecule has 5 N–H and O–H groups in total. The molecule has 0 aliphatic carbocycles. The van der Waals surface area contributed by atoms with E-state index >= 15 is 0 Å². The Labute approximate surface area is 151 Å². The van der Waals surface area contributed by atoms with Gasteiger partial charge < -0.3 is 21.7 Å². The van der Waals surface area contributed by atoms with E-state index < -0.39 is 0 Å². The Kier molecular flexibility index (Phi) is 5.81. The summed E-state index contributed by atoms with van der Waals surface area (Å²) in [7, 11) is 0. The zero-order valence-electron chi connectivity index (χ0n) is 14.9. The molecule has 2 rings (SSSR count). The lowest BCUT2D eigenvalue weighted by Gasteiger charge is -2.15. The van der Waals surface area contributed by atoms with E-state index in [2.05, 4.69) is 36.7 Å². The van der Waals surface area contributed by atoms with Crippen molar-refractivity contribution in [2.24, 2.45) is 5.73 Å². The van der Waals surface area contributed by atoms with Crippen molar-refractivity contribution in [1.29, 1.82) is 0 Å². The van der Waals surface area contributed by atoms with Gasteiger partial charge in [0.25, 0.3) is 0 Å². The van der Waals surface area contributed by atoms with E-state index in [-0.39, 0.29) is 23.9 Å². The Bertz CT molecular complexity index is 760. The highest BCUT2D eigenvalue weighted by molar-refractivity contribution is 7.17. The maximum atomic E-state index is 12.3. The third-order valence-electron chi connectivity index (χ3n) is 3.47. The summed E-state index contributed by atoms with van der Waals surface area (Å²) < 4.78 is 0. The van der Waals surface area contributed by atoms with Crippen LogP contribution in [-0.2, 0) is 10.2 Å². The van der Waals surface area contributed by atoms with Crippen LogP contribution in [0.1, 0.15) is 31.2 Å². The summed E-state index contributed by atoms with van der Waals surface area (Å²) in [5.74, 6) is -0.302. The second kappa shape index (κ2) is 7.67. The molecule has 1 aromatic heterocycles. The van der Waals surface area contributed by atoms with Gasteiger partial charge in [-0.2, -0.15) is 0 Å². The first-order valence-corrected chi connectivity index (χ1v) is 8.79. The van der Waals surface area contributed by atoms with Gasteiger partial charge in [0.1, 0.15) is 5.00 Å². The number of nitrogens with one attached hydrogen (secondary N) is 3. The molecule has 0 aliphatic heterocycles. The lowest BCUT2D eigenvalue weighted by Crippen LogP contribution is -2.23. The number of urea groups is 1. The van der Waals surface area contributed by atoms with E-state index in [1.165, 1.54) is 11.3 Å². The van der Waals surface area contributed by atoms with Crippen LogP contribution < -0.4 is 21.7 Å². The van der Waals surface area contributed by atoms with Crippen LogP contribution in [0, 0.1) is 6.92 Å². The fourth-order valence-electron chi connectivity index (χ4n) is 2.05. The van der Waals surface area contributed by atoms with Gasteiger partial charge >= 0.3 is 6.03 Å². The summed E-state index contributed by atoms with van der Waals surface area (Å²) in [5.41, 5.74) is 7.64. The van der Waals surface area contributed by atoms with Crippen molar-refractivity contribution < 1.29 is 9.59 Å². The molecule has 0 unspecified atom stereocenters. The monoisotopic (exact) mass is 360 g/mol. The number of nitrogens with two attached hydrogens (primary N) is 1. The third-order valence-corrected chi connectivity index (χ3v) is 4.94. The maximum Gasteiger partial charge on any atom is 0.323 e. The first kappa shape index (κ1) is 19.0. The van der Waals surface area contributed by atoms with E-state index in [0.29, 0.717) is 16.4 Å². The van der Waals surface area contributed by atoms with Crippen molar-refractivity contribution in [3.05, 3.63) is 40.8 Å². The average molecular weight is 360 g/mol. The Morgan fingerprint density at radius 3 is 2.28 bits per heavy atom. The molecule has 6 nitrogen and oxygen atoms in total. The quantitative estimate of drug-likeness (QED) is 0.666. The predicted molar refractivity (Wildman–Crippen MR) is 105 cm³/mol. The molecule has 0 radical (unpaired) electrons. The highest BCUT2D eigenvalue weighted by atomic mass is 32.1. The van der Waals surface area contributed by atoms with Gasteiger partial charge in [-0.1, -0.05) is 38.5 Å². The first-order chi connectivity index (χ1) is 11.7. The number of hydrogen-bond donors (Lipinski definition) is 4. The summed E-state index contributed by atoms with van der Waals surface area (Å²) in [5, 5.41) is 8.90. The SMILES string of the molecule is Cc1ccc(NC(=O)Nc2cc(C(C)(C)C)sc2NC(=O)CN)cc1. The van der Waals surface area contributed by atoms with Crippen LogP contribution in [0.2, 0.25) is 0 Å². The molecule has 3 amide bonds. The van der Waals surface area contributed by atoms with E-state index in [4.69, 9.17) is 5.73 Å². The number of amides is 3. The van der Waals surface area contributed by atoms with Gasteiger partial charge in [-0.25, -0.2) is 4.79 Å². The lowest BCUT2D eigenvalue weighted by atomic mass is 9.95. The second-order valence-electron chi connectivity index (χ2n) is 6.80. The second-order valence-corrected chi connectivity index (χ2v) is 7.85. The molecule has 0 bridgehead atoms. The molecular formula is C18H24N4O2S. The van der Waals surface area contributed by atoms with Gasteiger partial charge in [0, 0.05) is 10.6 Å². The molecule has 1 aromatic carbocycles. The number of hydrogen-bond acceptors (Lipinski definition) is 4. The molecule has 0 spiro atoms. The first-order valence-electron chi connectivity index (χ1n) is 7.98. The molecular weight excluding hydrogens is 336 g/mol. The minimum absolute atomic E-state index is 0.0970. The topological polar surface area (TPSA) is 96.2 Å². The van der Waals surface area contributed by atoms with Crippen LogP contribution in [0.15, 0.2) is 30.3 Å². The van der Waals surface area contributed by atoms with Crippen LogP contribution in [0.5, 0.6) is 0 Å². The fraction of sp³-hybridized carbons (Fsp3) is 0.333. The van der Waals surface area contributed by atoms with Crippen molar-refractivity contribution in [3.8, 4) is 0 Å². The number of anilines is 3. The molecule has 2 aromatic rings. The van der Waals surface area contributed by atoms with Gasteiger partial charge in [0.15, 0.2) is 0 Å². The van der Waals surface area contributed by atoms with Crippen LogP contribution in [0.4, 0.5) is 21.2 Å². The molecule has 0 saturated heterocycles. The van der Waals surface area contributed by atoms with Gasteiger partial charge in [-0.05, 0) is 30.5 Å². The number of thiophene rings is 1. The minimum atomic E-state index is -0.370. The minimum Gasteiger partial charge on any atom is -0.322 e. The van der Waals surface area contributed by atoms with Crippen molar-refractivity contribution in [2.45, 2.75) is 33.1 Å². The Morgan fingerprint density at radius 2 is 1.72 bits per heavy atom. The lowest BCUT2D eigenvalue weighted by molar-refractivity contribution is -0.114. The summed E-state index contributed by atoms with van der Waals surface area (Å²) in [6.07, 6.45) is 0. The zero-order chi connectivity index (χ0) is 18.6. The summed E-state index contributed by atoms with van der Waals surface area (Å²) in [4.78, 5) is 25.0. The van der Waals surface area contributed by atoms with E-state index in [0.717, 1.165) is 10.4 Å². The summed E-state index contributed by atoms with van der Waals surface area (Å²) >= 11 is 1.43. The molecule has 1 heterocycles. The van der Waals surface area contributed by atoms with Crippen LogP contribution in [0.25, 0.3) is 0 Å². The van der Waals surface area contributed by atoms with Gasteiger partial charge in [0.05, 0.1) is 12.2 Å². The van der Waals surface area contributed by atoms with Crippen molar-refractivity contribution in [1.82, 2.24) is 0 Å². The maximum absolute atomic E-state index is 12.3. The van der Waals surface area contributed by atoms with Gasteiger partial charge in [-0.15, -0.1) is 11.3 Å². The zero-order valence-corrected chi connectivity index (χ0v) is 15.7. The molecule has 0 fully saturated rings. The number of carbonyl (C=O) groups excluding carboxylic acids is 2. The van der Waals surface area contributed by atoms with Gasteiger partial charge in [0.2, 0.25) is 5.91 Å². The highest BCUT2D eigenvalue weighted by Crippen LogP contribution is 2.39. The predicted octanol–water partition coefficient (Wildman–Crippen LogP) is 3.90. The molecule has 0 saturated carbocycles. The van der Waals surface area contributed by atoms with Crippen molar-refractivity contribution >= 4 is 39.7 Å². The number of benzene rings is 1. The number of carbonyl (C=O) groups is 2. The summed E-state index contributed by atoms with van der Waals surface area (Å²) in [6, 6.07) is 9.02. The standard InChI is InChI=1S/C18H24N4O2S/c1-11-5-7-12(8-6-11)20-17(24)21-13-9-14(18(2,3)4)25-16(13)22-15(23)10-19/h5-9H,10,19H2,1-4H3,(H,22,23)(H2,20,21,24). The molecule has 0 aliphatic rings. The Morgan fingerprint density at radius 1 is 1.08 bits per heavy atom. The number of aryl methyl sites for hydroxylation is 1. The summed E-state index contributed by atoms with van der Waals surface area (Å²) in [6.45, 7) is 8.09. The Hall–Kier alpha value is -2.38. The van der Waals surface area contributed by atoms with Crippen LogP contribution in [-0.4, -0.2) is 18.5 Å². The number of rotatable bonds is 4. The van der Waals surface area contributed by atoms with Crippen LogP contribution >= 0.6 is 11.3 Å². The normalized spacial score (nSPS) is 11.1. The van der Waals surface area contributed by atoms with E-state index in [9.17, 15) is 9.59 Å². The molecule has 0 atom stereocenters. The fourth-order valence-corrected chi connectivity index (χ4v) is 3.13. The van der Waals surface area contributed by atoms with E-state index in [1.807, 2.05) is 37.3 Å². The third kappa shape index (κ3) is 5.30. The molecule has 7 heteroatoms. The van der Waals surface area contributed by atoms with E-state index in [1.54, 1.807) is 0 Å². The largest absolute Gasteiger partial charge is 0.323 e. The molecule has 134 valence electrons. The van der Waals surface area contributed by atoms with Crippen LogP contribution in [0.3, 0.4) is 0 Å². The smallest absolute Gasteiger partial charge is 0.322 e.